The highest BCUT2D eigenvalue weighted by Crippen LogP contribution is 2.22. The van der Waals surface area contributed by atoms with E-state index in [2.05, 4.69) is 20.6 Å². The summed E-state index contributed by atoms with van der Waals surface area (Å²) in [5.41, 5.74) is 5.47. The lowest BCUT2D eigenvalue weighted by atomic mass is 10.1. The van der Waals surface area contributed by atoms with Crippen molar-refractivity contribution < 1.29 is 9.21 Å². The summed E-state index contributed by atoms with van der Waals surface area (Å²) in [5.74, 6) is 0.994. The molecule has 1 N–H and O–H groups in total. The molecule has 0 radical (unpaired) electrons. The lowest BCUT2D eigenvalue weighted by Crippen LogP contribution is -2.15. The molecule has 0 unspecified atom stereocenters. The smallest absolute Gasteiger partial charge is 0.278 e. The van der Waals surface area contributed by atoms with Crippen molar-refractivity contribution in [2.45, 2.75) is 34.2 Å². The molecule has 0 bridgehead atoms. The van der Waals surface area contributed by atoms with Crippen molar-refractivity contribution >= 4 is 11.6 Å². The van der Waals surface area contributed by atoms with Gasteiger partial charge in [0, 0.05) is 11.3 Å². The van der Waals surface area contributed by atoms with Crippen LogP contribution in [0.15, 0.2) is 52.9 Å². The molecule has 7 nitrogen and oxygen atoms in total. The van der Waals surface area contributed by atoms with Gasteiger partial charge in [-0.1, -0.05) is 35.5 Å². The van der Waals surface area contributed by atoms with Crippen molar-refractivity contribution in [1.82, 2.24) is 20.0 Å². The van der Waals surface area contributed by atoms with Crippen LogP contribution in [0.3, 0.4) is 0 Å². The topological polar surface area (TPSA) is 85.8 Å². The highest BCUT2D eigenvalue weighted by atomic mass is 16.4. The summed E-state index contributed by atoms with van der Waals surface area (Å²) < 4.78 is 7.48. The summed E-state index contributed by atoms with van der Waals surface area (Å²) in [4.78, 5) is 17.4. The first-order valence-electron chi connectivity index (χ1n) is 9.73. The fraction of sp³-hybridized carbons (Fsp3) is 0.217. The molecule has 7 heteroatoms. The predicted molar refractivity (Wildman–Crippen MR) is 114 cm³/mol. The molecule has 2 aromatic heterocycles. The number of hydrogen-bond acceptors (Lipinski definition) is 5. The van der Waals surface area contributed by atoms with E-state index in [-0.39, 0.29) is 5.91 Å². The number of aromatic nitrogens is 4. The number of nitrogens with one attached hydrogen (secondary N) is 1. The normalized spacial score (nSPS) is 10.9. The molecule has 0 atom stereocenters. The van der Waals surface area contributed by atoms with E-state index < -0.39 is 0 Å². The standard InChI is InChI=1S/C23H23N5O2/c1-14-10-11-15(2)19(12-14)24-22(29)21-16(3)28(27-26-21)13-20-17(4)30-23(25-20)18-8-6-5-7-9-18/h5-12H,13H2,1-4H3,(H,24,29). The number of anilines is 1. The molecular weight excluding hydrogens is 378 g/mol. The average molecular weight is 401 g/mol. The summed E-state index contributed by atoms with van der Waals surface area (Å²) in [6, 6.07) is 15.7. The van der Waals surface area contributed by atoms with Crippen LogP contribution in [-0.4, -0.2) is 25.9 Å². The highest BCUT2D eigenvalue weighted by Gasteiger charge is 2.19. The van der Waals surface area contributed by atoms with E-state index >= 15 is 0 Å². The molecule has 4 rings (SSSR count). The number of oxazole rings is 1. The zero-order valence-corrected chi connectivity index (χ0v) is 17.4. The minimum atomic E-state index is -0.283. The Morgan fingerprint density at radius 2 is 1.83 bits per heavy atom. The number of aryl methyl sites for hydroxylation is 3. The predicted octanol–water partition coefficient (Wildman–Crippen LogP) is 4.47. The van der Waals surface area contributed by atoms with Gasteiger partial charge in [0.1, 0.15) is 11.5 Å². The van der Waals surface area contributed by atoms with E-state index in [1.807, 2.05) is 76.2 Å². The first-order chi connectivity index (χ1) is 14.4. The van der Waals surface area contributed by atoms with Crippen LogP contribution in [0.1, 0.15) is 38.8 Å². The number of amides is 1. The van der Waals surface area contributed by atoms with Gasteiger partial charge in [-0.25, -0.2) is 9.67 Å². The molecule has 30 heavy (non-hydrogen) atoms. The van der Waals surface area contributed by atoms with Crippen molar-refractivity contribution in [3.05, 3.63) is 82.5 Å². The van der Waals surface area contributed by atoms with Gasteiger partial charge in [-0.15, -0.1) is 5.10 Å². The number of carbonyl (C=O) groups is 1. The lowest BCUT2D eigenvalue weighted by Gasteiger charge is -2.08. The number of hydrogen-bond donors (Lipinski definition) is 1. The van der Waals surface area contributed by atoms with E-state index in [4.69, 9.17) is 4.42 Å². The van der Waals surface area contributed by atoms with E-state index in [1.54, 1.807) is 4.68 Å². The molecule has 0 aliphatic carbocycles. The van der Waals surface area contributed by atoms with Gasteiger partial charge < -0.3 is 9.73 Å². The van der Waals surface area contributed by atoms with Crippen LogP contribution in [0.5, 0.6) is 0 Å². The van der Waals surface area contributed by atoms with Crippen molar-refractivity contribution in [2.24, 2.45) is 0 Å². The maximum absolute atomic E-state index is 12.8. The summed E-state index contributed by atoms with van der Waals surface area (Å²) in [5, 5.41) is 11.2. The molecular formula is C23H23N5O2. The maximum Gasteiger partial charge on any atom is 0.278 e. The third-order valence-electron chi connectivity index (χ3n) is 5.05. The zero-order valence-electron chi connectivity index (χ0n) is 17.4. The lowest BCUT2D eigenvalue weighted by molar-refractivity contribution is 0.102. The van der Waals surface area contributed by atoms with Crippen LogP contribution >= 0.6 is 0 Å². The van der Waals surface area contributed by atoms with Gasteiger partial charge >= 0.3 is 0 Å². The fourth-order valence-electron chi connectivity index (χ4n) is 3.19. The Bertz CT molecular complexity index is 1210. The Hall–Kier alpha value is -3.74. The van der Waals surface area contributed by atoms with Gasteiger partial charge in [-0.2, -0.15) is 0 Å². The molecule has 0 saturated heterocycles. The SMILES string of the molecule is Cc1ccc(C)c(NC(=O)c2nnn(Cc3nc(-c4ccccc4)oc3C)c2C)c1. The third kappa shape index (κ3) is 3.87. The van der Waals surface area contributed by atoms with Crippen LogP contribution in [0.2, 0.25) is 0 Å². The molecule has 0 aliphatic rings. The maximum atomic E-state index is 12.8. The van der Waals surface area contributed by atoms with E-state index in [0.29, 0.717) is 29.6 Å². The second kappa shape index (κ2) is 7.94. The third-order valence-corrected chi connectivity index (χ3v) is 5.05. The van der Waals surface area contributed by atoms with E-state index in [1.165, 1.54) is 0 Å². The van der Waals surface area contributed by atoms with Crippen molar-refractivity contribution in [1.29, 1.82) is 0 Å². The minimum Gasteiger partial charge on any atom is -0.441 e. The van der Waals surface area contributed by atoms with Gasteiger partial charge in [0.15, 0.2) is 5.69 Å². The molecule has 152 valence electrons. The first kappa shape index (κ1) is 19.6. The molecule has 4 aromatic rings. The number of rotatable bonds is 5. The quantitative estimate of drug-likeness (QED) is 0.533. The number of benzene rings is 2. The summed E-state index contributed by atoms with van der Waals surface area (Å²) in [6.07, 6.45) is 0. The van der Waals surface area contributed by atoms with Gasteiger partial charge in [0.2, 0.25) is 5.89 Å². The Morgan fingerprint density at radius 1 is 1.07 bits per heavy atom. The summed E-state index contributed by atoms with van der Waals surface area (Å²) >= 11 is 0. The van der Waals surface area contributed by atoms with Gasteiger partial charge in [-0.3, -0.25) is 4.79 Å². The van der Waals surface area contributed by atoms with Gasteiger partial charge in [-0.05, 0) is 57.0 Å². The Kier molecular flexibility index (Phi) is 5.18. The summed E-state index contributed by atoms with van der Waals surface area (Å²) in [7, 11) is 0. The van der Waals surface area contributed by atoms with Crippen LogP contribution in [0.4, 0.5) is 5.69 Å². The summed E-state index contributed by atoms with van der Waals surface area (Å²) in [6.45, 7) is 8.01. The van der Waals surface area contributed by atoms with Crippen molar-refractivity contribution in [3.8, 4) is 11.5 Å². The fourth-order valence-corrected chi connectivity index (χ4v) is 3.19. The molecule has 0 aliphatic heterocycles. The molecule has 0 fully saturated rings. The van der Waals surface area contributed by atoms with E-state index in [9.17, 15) is 4.79 Å². The number of carbonyl (C=O) groups excluding carboxylic acids is 1. The minimum absolute atomic E-state index is 0.283. The number of nitrogens with zero attached hydrogens (tertiary/aromatic N) is 4. The van der Waals surface area contributed by atoms with Crippen molar-refractivity contribution in [2.75, 3.05) is 5.32 Å². The second-order valence-corrected chi connectivity index (χ2v) is 7.34. The second-order valence-electron chi connectivity index (χ2n) is 7.34. The van der Waals surface area contributed by atoms with Crippen LogP contribution in [0.25, 0.3) is 11.5 Å². The van der Waals surface area contributed by atoms with E-state index in [0.717, 1.165) is 28.1 Å². The molecule has 2 heterocycles. The molecule has 2 aromatic carbocycles. The largest absolute Gasteiger partial charge is 0.441 e. The van der Waals surface area contributed by atoms with Gasteiger partial charge in [0.05, 0.1) is 12.2 Å². The van der Waals surface area contributed by atoms with Crippen molar-refractivity contribution in [3.63, 3.8) is 0 Å². The highest BCUT2D eigenvalue weighted by molar-refractivity contribution is 6.03. The zero-order chi connectivity index (χ0) is 21.3. The first-order valence-corrected chi connectivity index (χ1v) is 9.73. The Morgan fingerprint density at radius 3 is 2.60 bits per heavy atom. The van der Waals surface area contributed by atoms with Gasteiger partial charge in [0.25, 0.3) is 5.91 Å². The van der Waals surface area contributed by atoms with Crippen LogP contribution < -0.4 is 5.32 Å². The van der Waals surface area contributed by atoms with Crippen LogP contribution in [-0.2, 0) is 6.54 Å². The Balaban J connectivity index is 1.55. The Labute approximate surface area is 174 Å². The molecule has 1 amide bonds. The van der Waals surface area contributed by atoms with Crippen LogP contribution in [0, 0.1) is 27.7 Å². The molecule has 0 spiro atoms. The monoisotopic (exact) mass is 401 g/mol. The average Bonchev–Trinajstić information content (AvgIpc) is 3.28. The molecule has 0 saturated carbocycles.